The van der Waals surface area contributed by atoms with Gasteiger partial charge in [0.25, 0.3) is 0 Å². The van der Waals surface area contributed by atoms with Crippen LogP contribution in [0.3, 0.4) is 0 Å². The van der Waals surface area contributed by atoms with Crippen LogP contribution in [0, 0.1) is 0 Å². The summed E-state index contributed by atoms with van der Waals surface area (Å²) in [6, 6.07) is 12.4. The van der Waals surface area contributed by atoms with Gasteiger partial charge in [0.2, 0.25) is 5.95 Å². The molecule has 1 aliphatic heterocycles. The lowest BCUT2D eigenvalue weighted by atomic mass is 10.1. The maximum Gasteiger partial charge on any atom is 0.322 e. The number of ether oxygens (including phenoxy) is 1. The highest BCUT2D eigenvalue weighted by molar-refractivity contribution is 5.62. The van der Waals surface area contributed by atoms with Crippen LogP contribution in [0.2, 0.25) is 0 Å². The Bertz CT molecular complexity index is 1180. The topological polar surface area (TPSA) is 89.5 Å². The van der Waals surface area contributed by atoms with E-state index in [0.717, 1.165) is 54.0 Å². The number of furan rings is 1. The summed E-state index contributed by atoms with van der Waals surface area (Å²) in [7, 11) is 0. The molecule has 0 aliphatic carbocycles. The molecule has 5 rings (SSSR count). The molecule has 4 aromatic rings. The van der Waals surface area contributed by atoms with Crippen molar-refractivity contribution in [1.29, 1.82) is 0 Å². The number of piperidine rings is 1. The highest BCUT2D eigenvalue weighted by atomic mass is 16.5. The van der Waals surface area contributed by atoms with Crippen molar-refractivity contribution in [3.8, 4) is 17.3 Å². The van der Waals surface area contributed by atoms with Crippen LogP contribution in [0.4, 0.5) is 5.95 Å². The maximum atomic E-state index is 6.16. The predicted molar refractivity (Wildman–Crippen MR) is 123 cm³/mol. The molecule has 0 amide bonds. The zero-order chi connectivity index (χ0) is 21.9. The molecule has 8 nitrogen and oxygen atoms in total. The van der Waals surface area contributed by atoms with Crippen molar-refractivity contribution >= 4 is 11.6 Å². The molecular weight excluding hydrogens is 404 g/mol. The molecule has 166 valence electrons. The second-order valence-electron chi connectivity index (χ2n) is 8.39. The molecule has 0 spiro atoms. The Hall–Kier alpha value is -3.39. The van der Waals surface area contributed by atoms with Crippen LogP contribution >= 0.6 is 0 Å². The summed E-state index contributed by atoms with van der Waals surface area (Å²) in [5, 5.41) is 11.4. The number of nitrogens with zero attached hydrogens (tertiary/aromatic N) is 4. The van der Waals surface area contributed by atoms with Crippen molar-refractivity contribution in [2.24, 2.45) is 0 Å². The van der Waals surface area contributed by atoms with E-state index in [4.69, 9.17) is 14.1 Å². The SMILES string of the molecule is CC(C)c1cnn2c(NCc3ccccc3-c3ccco3)nc(O[C@@H]3CCCNC3)nc12. The second-order valence-corrected chi connectivity index (χ2v) is 8.39. The van der Waals surface area contributed by atoms with E-state index in [-0.39, 0.29) is 6.10 Å². The van der Waals surface area contributed by atoms with Crippen LogP contribution in [0.25, 0.3) is 17.0 Å². The normalized spacial score (nSPS) is 16.5. The van der Waals surface area contributed by atoms with Crippen molar-refractivity contribution in [3.05, 3.63) is 60.0 Å². The molecule has 0 bridgehead atoms. The number of hydrogen-bond acceptors (Lipinski definition) is 7. The van der Waals surface area contributed by atoms with E-state index in [1.807, 2.05) is 30.5 Å². The van der Waals surface area contributed by atoms with Crippen molar-refractivity contribution in [1.82, 2.24) is 24.9 Å². The van der Waals surface area contributed by atoms with Gasteiger partial charge < -0.3 is 19.8 Å². The molecule has 1 atom stereocenters. The van der Waals surface area contributed by atoms with Gasteiger partial charge in [-0.25, -0.2) is 0 Å². The van der Waals surface area contributed by atoms with Gasteiger partial charge in [-0.1, -0.05) is 38.1 Å². The Morgan fingerprint density at radius 1 is 1.22 bits per heavy atom. The third kappa shape index (κ3) is 4.18. The van der Waals surface area contributed by atoms with Crippen LogP contribution < -0.4 is 15.4 Å². The number of aromatic nitrogens is 4. The summed E-state index contributed by atoms with van der Waals surface area (Å²) in [6.07, 6.45) is 5.71. The zero-order valence-corrected chi connectivity index (χ0v) is 18.4. The monoisotopic (exact) mass is 432 g/mol. The van der Waals surface area contributed by atoms with Gasteiger partial charge in [-0.15, -0.1) is 0 Å². The molecule has 0 saturated carbocycles. The van der Waals surface area contributed by atoms with E-state index in [2.05, 4.69) is 46.7 Å². The lowest BCUT2D eigenvalue weighted by Crippen LogP contribution is -2.37. The lowest BCUT2D eigenvalue weighted by Gasteiger charge is -2.23. The van der Waals surface area contributed by atoms with Gasteiger partial charge in [0.15, 0.2) is 5.65 Å². The van der Waals surface area contributed by atoms with Gasteiger partial charge in [0, 0.05) is 24.2 Å². The molecule has 8 heteroatoms. The molecule has 0 radical (unpaired) electrons. The molecule has 3 aromatic heterocycles. The minimum atomic E-state index is 0.0733. The Morgan fingerprint density at radius 3 is 2.91 bits per heavy atom. The zero-order valence-electron chi connectivity index (χ0n) is 18.4. The van der Waals surface area contributed by atoms with Crippen molar-refractivity contribution < 1.29 is 9.15 Å². The van der Waals surface area contributed by atoms with E-state index < -0.39 is 0 Å². The van der Waals surface area contributed by atoms with Crippen LogP contribution in [0.1, 0.15) is 43.7 Å². The Balaban J connectivity index is 1.46. The molecule has 1 saturated heterocycles. The number of benzene rings is 1. The number of anilines is 1. The van der Waals surface area contributed by atoms with Gasteiger partial charge in [-0.3, -0.25) is 0 Å². The molecule has 4 heterocycles. The molecule has 1 fully saturated rings. The van der Waals surface area contributed by atoms with Crippen LogP contribution in [-0.2, 0) is 6.54 Å². The molecule has 32 heavy (non-hydrogen) atoms. The van der Waals surface area contributed by atoms with E-state index in [1.165, 1.54) is 0 Å². The van der Waals surface area contributed by atoms with Crippen molar-refractivity contribution in [3.63, 3.8) is 0 Å². The minimum absolute atomic E-state index is 0.0733. The summed E-state index contributed by atoms with van der Waals surface area (Å²) < 4.78 is 13.5. The van der Waals surface area contributed by atoms with Gasteiger partial charge >= 0.3 is 6.01 Å². The van der Waals surface area contributed by atoms with E-state index >= 15 is 0 Å². The molecule has 1 aromatic carbocycles. The van der Waals surface area contributed by atoms with Crippen LogP contribution in [0.5, 0.6) is 6.01 Å². The average molecular weight is 433 g/mol. The Labute approximate surface area is 187 Å². The summed E-state index contributed by atoms with van der Waals surface area (Å²) >= 11 is 0. The van der Waals surface area contributed by atoms with Crippen molar-refractivity contribution in [2.45, 2.75) is 45.3 Å². The predicted octanol–water partition coefficient (Wildman–Crippen LogP) is 4.25. The second kappa shape index (κ2) is 9.00. The summed E-state index contributed by atoms with van der Waals surface area (Å²) in [6.45, 7) is 6.67. The summed E-state index contributed by atoms with van der Waals surface area (Å²) in [5.74, 6) is 1.74. The average Bonchev–Trinajstić information content (AvgIpc) is 3.49. The Morgan fingerprint density at radius 2 is 2.12 bits per heavy atom. The number of fused-ring (bicyclic) bond motifs is 1. The summed E-state index contributed by atoms with van der Waals surface area (Å²) in [4.78, 5) is 9.39. The highest BCUT2D eigenvalue weighted by Gasteiger charge is 2.20. The Kier molecular flexibility index (Phi) is 5.77. The number of rotatable bonds is 7. The fourth-order valence-corrected chi connectivity index (χ4v) is 4.04. The van der Waals surface area contributed by atoms with Gasteiger partial charge in [-0.2, -0.15) is 19.6 Å². The molecular formula is C24H28N6O2. The van der Waals surface area contributed by atoms with Gasteiger partial charge in [0.1, 0.15) is 11.9 Å². The fourth-order valence-electron chi connectivity index (χ4n) is 4.04. The summed E-state index contributed by atoms with van der Waals surface area (Å²) in [5.41, 5.74) is 3.99. The van der Waals surface area contributed by atoms with E-state index in [0.29, 0.717) is 24.4 Å². The van der Waals surface area contributed by atoms with Crippen LogP contribution in [0.15, 0.2) is 53.3 Å². The first-order chi connectivity index (χ1) is 15.7. The van der Waals surface area contributed by atoms with Crippen molar-refractivity contribution in [2.75, 3.05) is 18.4 Å². The smallest absolute Gasteiger partial charge is 0.322 e. The standard InChI is InChI=1S/C24H28N6O2/c1-16(2)20-15-27-30-22(20)28-24(32-18-8-5-11-25-14-18)29-23(30)26-13-17-7-3-4-9-19(17)21-10-6-12-31-21/h3-4,6-7,9-10,12,15-16,18,25H,5,8,11,13-14H2,1-2H3,(H,26,28,29)/t18-/m1/s1. The lowest BCUT2D eigenvalue weighted by molar-refractivity contribution is 0.153. The third-order valence-corrected chi connectivity index (χ3v) is 5.76. The molecule has 2 N–H and O–H groups in total. The first kappa shape index (κ1) is 20.5. The minimum Gasteiger partial charge on any atom is -0.464 e. The maximum absolute atomic E-state index is 6.16. The molecule has 0 unspecified atom stereocenters. The quantitative estimate of drug-likeness (QED) is 0.451. The van der Waals surface area contributed by atoms with Gasteiger partial charge in [0.05, 0.1) is 12.5 Å². The third-order valence-electron chi connectivity index (χ3n) is 5.76. The first-order valence-corrected chi connectivity index (χ1v) is 11.2. The van der Waals surface area contributed by atoms with E-state index in [1.54, 1.807) is 10.8 Å². The molecule has 1 aliphatic rings. The number of nitrogens with one attached hydrogen (secondary N) is 2. The van der Waals surface area contributed by atoms with E-state index in [9.17, 15) is 0 Å². The fraction of sp³-hybridized carbons (Fsp3) is 0.375. The van der Waals surface area contributed by atoms with Gasteiger partial charge in [-0.05, 0) is 43.0 Å². The first-order valence-electron chi connectivity index (χ1n) is 11.2. The van der Waals surface area contributed by atoms with Crippen LogP contribution in [-0.4, -0.2) is 38.8 Å². The largest absolute Gasteiger partial charge is 0.464 e. The number of hydrogen-bond donors (Lipinski definition) is 2. The highest BCUT2D eigenvalue weighted by Crippen LogP contribution is 2.26.